The fourth-order valence-electron chi connectivity index (χ4n) is 3.45. The van der Waals surface area contributed by atoms with Crippen molar-refractivity contribution >= 4 is 16.6 Å². The number of aromatic nitrogens is 2. The molecule has 0 fully saturated rings. The smallest absolute Gasteiger partial charge is 0.205 e. The molecule has 4 rings (SSSR count). The lowest BCUT2D eigenvalue weighted by atomic mass is 10.0. The van der Waals surface area contributed by atoms with Crippen LogP contribution < -0.4 is 4.68 Å². The van der Waals surface area contributed by atoms with E-state index in [0.29, 0.717) is 11.3 Å². The van der Waals surface area contributed by atoms with E-state index in [-0.39, 0.29) is 0 Å². The van der Waals surface area contributed by atoms with Crippen LogP contribution in [0.1, 0.15) is 22.3 Å². The van der Waals surface area contributed by atoms with E-state index in [1.54, 1.807) is 6.07 Å². The quantitative estimate of drug-likeness (QED) is 0.361. The zero-order chi connectivity index (χ0) is 15.4. The number of fused-ring (bicyclic) bond motifs is 5. The lowest BCUT2D eigenvalue weighted by Gasteiger charge is -2.05. The van der Waals surface area contributed by atoms with E-state index in [0.717, 1.165) is 17.4 Å². The molecule has 0 N–H and O–H groups in total. The summed E-state index contributed by atoms with van der Waals surface area (Å²) in [5.74, 6) is 0. The minimum absolute atomic E-state index is 0.503. The SMILES string of the molecule is [C-]#[N+]c1cc(C#N)c2c[n+]3n(c2c1)-c1c(C)cc(C)cc1C3. The minimum Gasteiger partial charge on any atom is -0.238 e. The van der Waals surface area contributed by atoms with Crippen LogP contribution in [0.15, 0.2) is 30.5 Å². The molecule has 104 valence electrons. The van der Waals surface area contributed by atoms with Crippen LogP contribution in [0, 0.1) is 31.8 Å². The molecule has 3 aromatic rings. The van der Waals surface area contributed by atoms with E-state index < -0.39 is 0 Å². The van der Waals surface area contributed by atoms with Gasteiger partial charge in [0.05, 0.1) is 23.6 Å². The first-order valence-corrected chi connectivity index (χ1v) is 7.09. The van der Waals surface area contributed by atoms with Crippen LogP contribution in [0.3, 0.4) is 0 Å². The highest BCUT2D eigenvalue weighted by molar-refractivity contribution is 5.89. The van der Waals surface area contributed by atoms with Crippen molar-refractivity contribution in [3.05, 3.63) is 64.1 Å². The number of hydrogen-bond acceptors (Lipinski definition) is 1. The minimum atomic E-state index is 0.503. The summed E-state index contributed by atoms with van der Waals surface area (Å²) in [6.07, 6.45) is 2.01. The second-order valence-electron chi connectivity index (χ2n) is 5.78. The fourth-order valence-corrected chi connectivity index (χ4v) is 3.45. The molecule has 0 saturated carbocycles. The lowest BCUT2D eigenvalue weighted by molar-refractivity contribution is -0.749. The number of benzene rings is 2. The van der Waals surface area contributed by atoms with Gasteiger partial charge in [-0.3, -0.25) is 0 Å². The molecule has 1 aromatic heterocycles. The summed E-state index contributed by atoms with van der Waals surface area (Å²) in [5, 5.41) is 10.3. The monoisotopic (exact) mass is 285 g/mol. The molecule has 4 heteroatoms. The normalized spacial score (nSPS) is 11.8. The van der Waals surface area contributed by atoms with Crippen LogP contribution in [0.2, 0.25) is 0 Å². The van der Waals surface area contributed by atoms with Gasteiger partial charge in [-0.1, -0.05) is 11.6 Å². The Morgan fingerprint density at radius 1 is 1.27 bits per heavy atom. The van der Waals surface area contributed by atoms with E-state index >= 15 is 0 Å². The van der Waals surface area contributed by atoms with Gasteiger partial charge in [0.2, 0.25) is 6.20 Å². The van der Waals surface area contributed by atoms with E-state index in [4.69, 9.17) is 6.57 Å². The van der Waals surface area contributed by atoms with Crippen LogP contribution >= 0.6 is 0 Å². The third-order valence-electron chi connectivity index (χ3n) is 4.22. The molecule has 0 spiro atoms. The molecule has 0 aliphatic carbocycles. The Bertz CT molecular complexity index is 1040. The molecule has 0 atom stereocenters. The summed E-state index contributed by atoms with van der Waals surface area (Å²) in [5.41, 5.74) is 6.92. The molecule has 0 amide bonds. The number of nitrogens with zero attached hydrogens (tertiary/aromatic N) is 4. The van der Waals surface area contributed by atoms with Gasteiger partial charge in [0.1, 0.15) is 11.2 Å². The number of rotatable bonds is 0. The van der Waals surface area contributed by atoms with Crippen molar-refractivity contribution in [3.8, 4) is 11.8 Å². The number of hydrogen-bond donors (Lipinski definition) is 0. The molecule has 0 radical (unpaired) electrons. The standard InChI is InChI=1S/C18H13N4/c1-11-4-12(2)18-14(5-11)9-21-10-16-13(8-19)6-15(20-3)7-17(16)22(18)21/h4-7,10H,9H2,1-2H3/q+1. The first-order valence-electron chi connectivity index (χ1n) is 7.09. The molecule has 2 heterocycles. The Morgan fingerprint density at radius 3 is 2.82 bits per heavy atom. The predicted molar refractivity (Wildman–Crippen MR) is 83.0 cm³/mol. The molecule has 22 heavy (non-hydrogen) atoms. The zero-order valence-electron chi connectivity index (χ0n) is 12.4. The number of aryl methyl sites for hydroxylation is 2. The molecule has 1 aliphatic heterocycles. The maximum atomic E-state index is 9.36. The molecular weight excluding hydrogens is 272 g/mol. The van der Waals surface area contributed by atoms with Crippen LogP contribution in [0.25, 0.3) is 21.4 Å². The van der Waals surface area contributed by atoms with Gasteiger partial charge in [-0.2, -0.15) is 5.26 Å². The van der Waals surface area contributed by atoms with Crippen LogP contribution in [-0.4, -0.2) is 4.68 Å². The average molecular weight is 285 g/mol. The lowest BCUT2D eigenvalue weighted by Crippen LogP contribution is -2.36. The highest BCUT2D eigenvalue weighted by Gasteiger charge is 2.30. The van der Waals surface area contributed by atoms with Gasteiger partial charge in [0, 0.05) is 5.56 Å². The van der Waals surface area contributed by atoms with E-state index in [9.17, 15) is 5.26 Å². The van der Waals surface area contributed by atoms with Gasteiger partial charge in [-0.15, -0.1) is 9.36 Å². The topological polar surface area (TPSA) is 37.0 Å². The second-order valence-corrected chi connectivity index (χ2v) is 5.78. The van der Waals surface area contributed by atoms with Crippen molar-refractivity contribution < 1.29 is 4.68 Å². The van der Waals surface area contributed by atoms with E-state index in [1.807, 2.05) is 12.3 Å². The number of nitriles is 1. The maximum absolute atomic E-state index is 9.36. The second kappa shape index (κ2) is 4.19. The zero-order valence-corrected chi connectivity index (χ0v) is 12.4. The van der Waals surface area contributed by atoms with Crippen molar-refractivity contribution in [1.29, 1.82) is 5.26 Å². The van der Waals surface area contributed by atoms with Crippen molar-refractivity contribution in [2.75, 3.05) is 0 Å². The first-order chi connectivity index (χ1) is 10.6. The van der Waals surface area contributed by atoms with Crippen molar-refractivity contribution in [3.63, 3.8) is 0 Å². The van der Waals surface area contributed by atoms with Crippen molar-refractivity contribution in [2.45, 2.75) is 20.4 Å². The third kappa shape index (κ3) is 1.52. The highest BCUT2D eigenvalue weighted by Crippen LogP contribution is 2.32. The van der Waals surface area contributed by atoms with E-state index in [1.165, 1.54) is 22.4 Å². The maximum Gasteiger partial charge on any atom is 0.205 e. The summed E-state index contributed by atoms with van der Waals surface area (Å²) in [4.78, 5) is 3.50. The highest BCUT2D eigenvalue weighted by atomic mass is 15.4. The molecule has 0 saturated heterocycles. The molecule has 4 nitrogen and oxygen atoms in total. The Hall–Kier alpha value is -3.11. The third-order valence-corrected chi connectivity index (χ3v) is 4.22. The fraction of sp³-hybridized carbons (Fsp3) is 0.167. The first kappa shape index (κ1) is 12.6. The van der Waals surface area contributed by atoms with Crippen LogP contribution in [0.5, 0.6) is 0 Å². The molecular formula is C18H13N4+. The van der Waals surface area contributed by atoms with E-state index in [2.05, 4.69) is 46.3 Å². The van der Waals surface area contributed by atoms with Crippen molar-refractivity contribution in [2.24, 2.45) is 0 Å². The van der Waals surface area contributed by atoms with Gasteiger partial charge in [-0.05, 0) is 37.6 Å². The van der Waals surface area contributed by atoms with Crippen LogP contribution in [0.4, 0.5) is 5.69 Å². The summed E-state index contributed by atoms with van der Waals surface area (Å²) < 4.78 is 4.26. The summed E-state index contributed by atoms with van der Waals surface area (Å²) >= 11 is 0. The summed E-state index contributed by atoms with van der Waals surface area (Å²) in [6.45, 7) is 12.3. The molecule has 0 unspecified atom stereocenters. The van der Waals surface area contributed by atoms with Gasteiger partial charge < -0.3 is 0 Å². The van der Waals surface area contributed by atoms with Gasteiger partial charge in [0.15, 0.2) is 12.2 Å². The van der Waals surface area contributed by atoms with Gasteiger partial charge >= 0.3 is 0 Å². The summed E-state index contributed by atoms with van der Waals surface area (Å²) in [6, 6.07) is 10.1. The molecule has 1 aliphatic rings. The Balaban J connectivity index is 2.14. The Morgan fingerprint density at radius 2 is 2.09 bits per heavy atom. The Labute approximate surface area is 128 Å². The average Bonchev–Trinajstić information content (AvgIpc) is 3.01. The molecule has 0 bridgehead atoms. The van der Waals surface area contributed by atoms with Crippen molar-refractivity contribution in [1.82, 2.24) is 4.68 Å². The summed E-state index contributed by atoms with van der Waals surface area (Å²) in [7, 11) is 0. The Kier molecular flexibility index (Phi) is 2.40. The van der Waals surface area contributed by atoms with Crippen LogP contribution in [-0.2, 0) is 6.54 Å². The predicted octanol–water partition coefficient (Wildman–Crippen LogP) is 3.32. The molecule has 2 aromatic carbocycles. The largest absolute Gasteiger partial charge is 0.238 e. The van der Waals surface area contributed by atoms with Gasteiger partial charge in [-0.25, -0.2) is 4.85 Å². The van der Waals surface area contributed by atoms with Gasteiger partial charge in [0.25, 0.3) is 0 Å².